The van der Waals surface area contributed by atoms with Crippen molar-refractivity contribution in [1.29, 1.82) is 0 Å². The predicted octanol–water partition coefficient (Wildman–Crippen LogP) is 3.24. The van der Waals surface area contributed by atoms with Gasteiger partial charge in [-0.25, -0.2) is 0 Å². The molecule has 1 amide bonds. The van der Waals surface area contributed by atoms with E-state index in [1.54, 1.807) is 19.5 Å². The third kappa shape index (κ3) is 4.93. The van der Waals surface area contributed by atoms with Crippen LogP contribution in [0.25, 0.3) is 11.1 Å². The lowest BCUT2D eigenvalue weighted by Gasteiger charge is -2.37. The zero-order valence-electron chi connectivity index (χ0n) is 16.1. The summed E-state index contributed by atoms with van der Waals surface area (Å²) in [6.07, 6.45) is 5.77. The second-order valence-corrected chi connectivity index (χ2v) is 7.34. The number of nitrogens with one attached hydrogen (secondary N) is 1. The number of rotatable bonds is 7. The van der Waals surface area contributed by atoms with E-state index >= 15 is 0 Å². The van der Waals surface area contributed by atoms with Crippen molar-refractivity contribution in [2.75, 3.05) is 26.9 Å². The molecule has 0 unspecified atom stereocenters. The second kappa shape index (κ2) is 9.11. The minimum Gasteiger partial charge on any atom is -0.383 e. The predicted molar refractivity (Wildman–Crippen MR) is 105 cm³/mol. The fraction of sp³-hybridized carbons (Fsp3) is 0.455. The molecule has 1 aromatic carbocycles. The van der Waals surface area contributed by atoms with E-state index in [1.807, 2.05) is 19.1 Å². The van der Waals surface area contributed by atoms with E-state index < -0.39 is 5.41 Å². The quantitative estimate of drug-likeness (QED) is 0.815. The van der Waals surface area contributed by atoms with Crippen LogP contribution in [0.5, 0.6) is 0 Å². The highest BCUT2D eigenvalue weighted by atomic mass is 16.5. The number of carbonyl (C=O) groups is 1. The first-order valence-corrected chi connectivity index (χ1v) is 9.50. The molecule has 3 rings (SSSR count). The van der Waals surface area contributed by atoms with Crippen molar-refractivity contribution >= 4 is 5.91 Å². The number of amides is 1. The van der Waals surface area contributed by atoms with E-state index in [2.05, 4.69) is 34.6 Å². The van der Waals surface area contributed by atoms with Crippen molar-refractivity contribution in [2.24, 2.45) is 5.41 Å². The average molecular weight is 368 g/mol. The van der Waals surface area contributed by atoms with Crippen LogP contribution in [0.1, 0.15) is 25.3 Å². The first kappa shape index (κ1) is 19.5. The molecule has 2 aromatic rings. The van der Waals surface area contributed by atoms with Gasteiger partial charge < -0.3 is 14.8 Å². The molecule has 0 radical (unpaired) electrons. The highest BCUT2D eigenvalue weighted by Gasteiger charge is 2.40. The van der Waals surface area contributed by atoms with Gasteiger partial charge >= 0.3 is 0 Å². The lowest BCUT2D eigenvalue weighted by molar-refractivity contribution is -0.137. The summed E-state index contributed by atoms with van der Waals surface area (Å²) < 4.78 is 10.7. The van der Waals surface area contributed by atoms with E-state index in [0.29, 0.717) is 26.2 Å². The molecule has 144 valence electrons. The highest BCUT2D eigenvalue weighted by Crippen LogP contribution is 2.35. The molecule has 0 aliphatic carbocycles. The van der Waals surface area contributed by atoms with Crippen LogP contribution in [-0.4, -0.2) is 43.9 Å². The number of carbonyl (C=O) groups excluding carboxylic acids is 1. The molecule has 1 aliphatic heterocycles. The van der Waals surface area contributed by atoms with Crippen LogP contribution >= 0.6 is 0 Å². The van der Waals surface area contributed by atoms with E-state index in [1.165, 1.54) is 5.56 Å². The molecule has 1 N–H and O–H groups in total. The first-order chi connectivity index (χ1) is 13.1. The molecule has 1 aliphatic rings. The summed E-state index contributed by atoms with van der Waals surface area (Å²) in [5.41, 5.74) is 3.01. The van der Waals surface area contributed by atoms with Gasteiger partial charge in [0.2, 0.25) is 5.91 Å². The van der Waals surface area contributed by atoms with Crippen molar-refractivity contribution in [3.8, 4) is 11.1 Å². The molecule has 5 nitrogen and oxygen atoms in total. The number of hydrogen-bond donors (Lipinski definition) is 1. The Morgan fingerprint density at radius 1 is 1.22 bits per heavy atom. The fourth-order valence-electron chi connectivity index (χ4n) is 3.71. The molecular weight excluding hydrogens is 340 g/mol. The Bertz CT molecular complexity index is 742. The Labute approximate surface area is 161 Å². The summed E-state index contributed by atoms with van der Waals surface area (Å²) in [6.45, 7) is 3.72. The normalized spacial score (nSPS) is 17.3. The van der Waals surface area contributed by atoms with Gasteiger partial charge in [0.15, 0.2) is 0 Å². The molecule has 1 fully saturated rings. The molecule has 1 aromatic heterocycles. The molecule has 5 heteroatoms. The van der Waals surface area contributed by atoms with Gasteiger partial charge in [0.05, 0.1) is 12.0 Å². The van der Waals surface area contributed by atoms with Gasteiger partial charge in [-0.05, 0) is 55.0 Å². The summed E-state index contributed by atoms with van der Waals surface area (Å²) in [4.78, 5) is 17.2. The third-order valence-electron chi connectivity index (χ3n) is 5.21. The molecule has 1 saturated heterocycles. The van der Waals surface area contributed by atoms with Crippen LogP contribution in [0.15, 0.2) is 48.8 Å². The highest BCUT2D eigenvalue weighted by molar-refractivity contribution is 5.83. The van der Waals surface area contributed by atoms with E-state index in [9.17, 15) is 4.79 Å². The van der Waals surface area contributed by atoms with Crippen LogP contribution in [-0.2, 0) is 20.7 Å². The summed E-state index contributed by atoms with van der Waals surface area (Å²) in [5, 5.41) is 3.13. The zero-order chi connectivity index (χ0) is 19.1. The largest absolute Gasteiger partial charge is 0.383 e. The van der Waals surface area contributed by atoms with Crippen LogP contribution in [0.2, 0.25) is 0 Å². The van der Waals surface area contributed by atoms with Crippen LogP contribution in [0.4, 0.5) is 0 Å². The standard InChI is InChI=1S/C22H28N2O3/c1-17(16-26-2)24-21(25)22(8-12-27-13-9-22)15-18-4-3-5-20(14-18)19-6-10-23-11-7-19/h3-7,10-11,14,17H,8-9,12-13,15-16H2,1-2H3,(H,24,25)/t17-/m1/s1. The molecule has 1 atom stereocenters. The summed E-state index contributed by atoms with van der Waals surface area (Å²) in [5.74, 6) is 0.102. The van der Waals surface area contributed by atoms with Gasteiger partial charge in [0.25, 0.3) is 0 Å². The van der Waals surface area contributed by atoms with Gasteiger partial charge in [-0.3, -0.25) is 9.78 Å². The Hall–Kier alpha value is -2.24. The van der Waals surface area contributed by atoms with Crippen molar-refractivity contribution < 1.29 is 14.3 Å². The minimum absolute atomic E-state index is 0.00891. The molecule has 27 heavy (non-hydrogen) atoms. The Balaban J connectivity index is 1.81. The van der Waals surface area contributed by atoms with Gasteiger partial charge in [0, 0.05) is 38.8 Å². The smallest absolute Gasteiger partial charge is 0.227 e. The lowest BCUT2D eigenvalue weighted by atomic mass is 9.74. The third-order valence-corrected chi connectivity index (χ3v) is 5.21. The molecule has 0 bridgehead atoms. The number of hydrogen-bond acceptors (Lipinski definition) is 4. The van der Waals surface area contributed by atoms with Crippen LogP contribution < -0.4 is 5.32 Å². The monoisotopic (exact) mass is 368 g/mol. The van der Waals surface area contributed by atoms with Crippen molar-refractivity contribution in [1.82, 2.24) is 10.3 Å². The maximum atomic E-state index is 13.1. The molecule has 2 heterocycles. The lowest BCUT2D eigenvalue weighted by Crippen LogP contribution is -2.49. The topological polar surface area (TPSA) is 60.5 Å². The number of ether oxygens (including phenoxy) is 2. The van der Waals surface area contributed by atoms with E-state index in [-0.39, 0.29) is 11.9 Å². The number of nitrogens with zero attached hydrogens (tertiary/aromatic N) is 1. The van der Waals surface area contributed by atoms with E-state index in [0.717, 1.165) is 24.0 Å². The second-order valence-electron chi connectivity index (χ2n) is 7.34. The minimum atomic E-state index is -0.433. The fourth-order valence-corrected chi connectivity index (χ4v) is 3.71. The van der Waals surface area contributed by atoms with Gasteiger partial charge in [-0.1, -0.05) is 24.3 Å². The first-order valence-electron chi connectivity index (χ1n) is 9.50. The average Bonchev–Trinajstić information content (AvgIpc) is 2.70. The maximum absolute atomic E-state index is 13.1. The van der Waals surface area contributed by atoms with Crippen LogP contribution in [0.3, 0.4) is 0 Å². The molecule has 0 saturated carbocycles. The number of benzene rings is 1. The Morgan fingerprint density at radius 2 is 1.96 bits per heavy atom. The molecular formula is C22H28N2O3. The van der Waals surface area contributed by atoms with Gasteiger partial charge in [-0.15, -0.1) is 0 Å². The number of pyridine rings is 1. The summed E-state index contributed by atoms with van der Waals surface area (Å²) >= 11 is 0. The summed E-state index contributed by atoms with van der Waals surface area (Å²) in [7, 11) is 1.65. The van der Waals surface area contributed by atoms with Gasteiger partial charge in [0.1, 0.15) is 0 Å². The summed E-state index contributed by atoms with van der Waals surface area (Å²) in [6, 6.07) is 12.4. The van der Waals surface area contributed by atoms with Crippen molar-refractivity contribution in [3.63, 3.8) is 0 Å². The van der Waals surface area contributed by atoms with Crippen LogP contribution in [0, 0.1) is 5.41 Å². The maximum Gasteiger partial charge on any atom is 0.227 e. The van der Waals surface area contributed by atoms with E-state index in [4.69, 9.17) is 9.47 Å². The number of methoxy groups -OCH3 is 1. The Kier molecular flexibility index (Phi) is 6.58. The Morgan fingerprint density at radius 3 is 2.67 bits per heavy atom. The zero-order valence-corrected chi connectivity index (χ0v) is 16.1. The van der Waals surface area contributed by atoms with Gasteiger partial charge in [-0.2, -0.15) is 0 Å². The molecule has 0 spiro atoms. The number of aromatic nitrogens is 1. The van der Waals surface area contributed by atoms with Crippen molar-refractivity contribution in [2.45, 2.75) is 32.2 Å². The van der Waals surface area contributed by atoms with Crippen molar-refractivity contribution in [3.05, 3.63) is 54.4 Å². The SMILES string of the molecule is COC[C@@H](C)NC(=O)C1(Cc2cccc(-c3ccncc3)c2)CCOCC1.